The molecule has 4 nitrogen and oxygen atoms in total. The number of oxime groups is 1. The number of hydrogen-bond donors (Lipinski definition) is 1. The Labute approximate surface area is 103 Å². The summed E-state index contributed by atoms with van der Waals surface area (Å²) in [7, 11) is 1.41. The van der Waals surface area contributed by atoms with E-state index in [0.29, 0.717) is 15.7 Å². The van der Waals surface area contributed by atoms with E-state index >= 15 is 0 Å². The fourth-order valence-corrected chi connectivity index (χ4v) is 1.44. The molecule has 0 bridgehead atoms. The normalized spacial score (nSPS) is 10.4. The molecule has 0 aliphatic carbocycles. The van der Waals surface area contributed by atoms with E-state index < -0.39 is 0 Å². The summed E-state index contributed by atoms with van der Waals surface area (Å²) in [6.45, 7) is 0. The number of rotatable bonds is 4. The molecule has 6 heteroatoms. The van der Waals surface area contributed by atoms with Crippen molar-refractivity contribution >= 4 is 41.0 Å². The van der Waals surface area contributed by atoms with Crippen LogP contribution in [0.15, 0.2) is 23.4 Å². The summed E-state index contributed by atoms with van der Waals surface area (Å²) in [6, 6.07) is 4.84. The van der Waals surface area contributed by atoms with Gasteiger partial charge in [0.2, 0.25) is 5.91 Å². The predicted octanol–water partition coefficient (Wildman–Crippen LogP) is 2.95. The van der Waals surface area contributed by atoms with Gasteiger partial charge in [-0.25, -0.2) is 0 Å². The van der Waals surface area contributed by atoms with Crippen LogP contribution in [0.3, 0.4) is 0 Å². The quantitative estimate of drug-likeness (QED) is 0.669. The van der Waals surface area contributed by atoms with Crippen LogP contribution in [0.2, 0.25) is 10.0 Å². The van der Waals surface area contributed by atoms with Crippen molar-refractivity contribution in [2.24, 2.45) is 5.16 Å². The Balaban J connectivity index is 2.59. The van der Waals surface area contributed by atoms with Gasteiger partial charge < -0.3 is 10.2 Å². The number of anilines is 1. The van der Waals surface area contributed by atoms with Crippen LogP contribution in [0.4, 0.5) is 5.69 Å². The molecule has 0 aromatic heterocycles. The Morgan fingerprint density at radius 2 is 2.31 bits per heavy atom. The molecule has 0 aliphatic rings. The molecule has 0 saturated heterocycles. The van der Waals surface area contributed by atoms with Crippen molar-refractivity contribution in [1.82, 2.24) is 0 Å². The first-order valence-corrected chi connectivity index (χ1v) is 5.19. The van der Waals surface area contributed by atoms with Crippen molar-refractivity contribution in [2.45, 2.75) is 6.42 Å². The predicted molar refractivity (Wildman–Crippen MR) is 65.2 cm³/mol. The molecular formula is C10H10Cl2N2O2. The lowest BCUT2D eigenvalue weighted by Crippen LogP contribution is -2.11. The molecule has 1 aromatic carbocycles. The fraction of sp³-hybridized carbons (Fsp3) is 0.200. The van der Waals surface area contributed by atoms with E-state index in [1.54, 1.807) is 18.2 Å². The lowest BCUT2D eigenvalue weighted by atomic mass is 10.3. The Morgan fingerprint density at radius 3 is 2.94 bits per heavy atom. The first kappa shape index (κ1) is 12.8. The van der Waals surface area contributed by atoms with E-state index in [0.717, 1.165) is 0 Å². The van der Waals surface area contributed by atoms with Crippen LogP contribution in [-0.4, -0.2) is 19.2 Å². The zero-order chi connectivity index (χ0) is 12.0. The SMILES string of the molecule is CO/N=C/CC(=O)Nc1ccc(Cl)cc1Cl. The van der Waals surface area contributed by atoms with E-state index in [4.69, 9.17) is 23.2 Å². The van der Waals surface area contributed by atoms with Gasteiger partial charge in [0.1, 0.15) is 7.11 Å². The lowest BCUT2D eigenvalue weighted by Gasteiger charge is -2.05. The topological polar surface area (TPSA) is 50.7 Å². The van der Waals surface area contributed by atoms with Gasteiger partial charge in [0.05, 0.1) is 23.3 Å². The van der Waals surface area contributed by atoms with E-state index in [9.17, 15) is 4.79 Å². The minimum Gasteiger partial charge on any atom is -0.399 e. The standard InChI is InChI=1S/C10H10Cl2N2O2/c1-16-13-5-4-10(15)14-9-3-2-7(11)6-8(9)12/h2-3,5-6H,4H2,1H3,(H,14,15)/b13-5+. The van der Waals surface area contributed by atoms with Gasteiger partial charge >= 0.3 is 0 Å². The summed E-state index contributed by atoms with van der Waals surface area (Å²) in [6.07, 6.45) is 1.48. The van der Waals surface area contributed by atoms with Crippen molar-refractivity contribution in [3.05, 3.63) is 28.2 Å². The molecule has 0 heterocycles. The van der Waals surface area contributed by atoms with Gasteiger partial charge in [-0.1, -0.05) is 28.4 Å². The van der Waals surface area contributed by atoms with Gasteiger partial charge in [-0.2, -0.15) is 0 Å². The third-order valence-electron chi connectivity index (χ3n) is 1.66. The van der Waals surface area contributed by atoms with Crippen LogP contribution in [0.25, 0.3) is 0 Å². The van der Waals surface area contributed by atoms with Crippen LogP contribution in [0.5, 0.6) is 0 Å². The van der Waals surface area contributed by atoms with E-state index in [2.05, 4.69) is 15.3 Å². The third-order valence-corrected chi connectivity index (χ3v) is 2.21. The maximum Gasteiger partial charge on any atom is 0.229 e. The fourth-order valence-electron chi connectivity index (χ4n) is 0.987. The Kier molecular flexibility index (Phi) is 5.08. The Morgan fingerprint density at radius 1 is 1.56 bits per heavy atom. The van der Waals surface area contributed by atoms with Crippen LogP contribution in [-0.2, 0) is 9.63 Å². The molecule has 0 atom stereocenters. The van der Waals surface area contributed by atoms with Crippen LogP contribution in [0.1, 0.15) is 6.42 Å². The number of nitrogens with one attached hydrogen (secondary N) is 1. The molecule has 0 radical (unpaired) electrons. The average molecular weight is 261 g/mol. The second-order valence-corrected chi connectivity index (χ2v) is 3.69. The monoisotopic (exact) mass is 260 g/mol. The minimum atomic E-state index is -0.231. The largest absolute Gasteiger partial charge is 0.399 e. The molecular weight excluding hydrogens is 251 g/mol. The molecule has 0 unspecified atom stereocenters. The van der Waals surface area contributed by atoms with Crippen LogP contribution < -0.4 is 5.32 Å². The van der Waals surface area contributed by atoms with Gasteiger partial charge in [-0.05, 0) is 18.2 Å². The first-order valence-electron chi connectivity index (χ1n) is 4.43. The van der Waals surface area contributed by atoms with Crippen molar-refractivity contribution in [3.63, 3.8) is 0 Å². The Hall–Kier alpha value is -1.26. The zero-order valence-electron chi connectivity index (χ0n) is 8.54. The molecule has 1 N–H and O–H groups in total. The maximum atomic E-state index is 11.4. The molecule has 0 fully saturated rings. The highest BCUT2D eigenvalue weighted by atomic mass is 35.5. The number of carbonyl (C=O) groups excluding carboxylic acids is 1. The molecule has 0 saturated carbocycles. The van der Waals surface area contributed by atoms with E-state index in [-0.39, 0.29) is 12.3 Å². The van der Waals surface area contributed by atoms with Gasteiger partial charge in [0, 0.05) is 5.02 Å². The highest BCUT2D eigenvalue weighted by molar-refractivity contribution is 6.36. The molecule has 1 rings (SSSR count). The number of halogens is 2. The number of amides is 1. The van der Waals surface area contributed by atoms with E-state index in [1.807, 2.05) is 0 Å². The summed E-state index contributed by atoms with van der Waals surface area (Å²) in [5, 5.41) is 6.98. The smallest absolute Gasteiger partial charge is 0.229 e. The number of nitrogens with zero attached hydrogens (tertiary/aromatic N) is 1. The van der Waals surface area contributed by atoms with Crippen LogP contribution in [0, 0.1) is 0 Å². The summed E-state index contributed by atoms with van der Waals surface area (Å²) < 4.78 is 0. The van der Waals surface area contributed by atoms with Gasteiger partial charge in [0.15, 0.2) is 0 Å². The van der Waals surface area contributed by atoms with Gasteiger partial charge in [-0.15, -0.1) is 0 Å². The second-order valence-electron chi connectivity index (χ2n) is 2.85. The zero-order valence-corrected chi connectivity index (χ0v) is 10.0. The first-order chi connectivity index (χ1) is 7.63. The number of benzene rings is 1. The minimum absolute atomic E-state index is 0.118. The highest BCUT2D eigenvalue weighted by Crippen LogP contribution is 2.25. The maximum absolute atomic E-state index is 11.4. The molecule has 0 aliphatic heterocycles. The van der Waals surface area contributed by atoms with Crippen molar-refractivity contribution in [1.29, 1.82) is 0 Å². The number of carbonyl (C=O) groups is 1. The third kappa shape index (κ3) is 4.08. The van der Waals surface area contributed by atoms with Crippen molar-refractivity contribution < 1.29 is 9.63 Å². The highest BCUT2D eigenvalue weighted by Gasteiger charge is 2.04. The van der Waals surface area contributed by atoms with Crippen LogP contribution >= 0.6 is 23.2 Å². The van der Waals surface area contributed by atoms with Gasteiger partial charge in [0.25, 0.3) is 0 Å². The number of hydrogen-bond acceptors (Lipinski definition) is 3. The summed E-state index contributed by atoms with van der Waals surface area (Å²) in [5.41, 5.74) is 0.516. The molecule has 16 heavy (non-hydrogen) atoms. The molecule has 86 valence electrons. The molecule has 1 aromatic rings. The van der Waals surface area contributed by atoms with Crippen molar-refractivity contribution in [2.75, 3.05) is 12.4 Å². The molecule has 0 spiro atoms. The summed E-state index contributed by atoms with van der Waals surface area (Å²) in [4.78, 5) is 15.8. The lowest BCUT2D eigenvalue weighted by molar-refractivity contribution is -0.115. The average Bonchev–Trinajstić information content (AvgIpc) is 2.23. The van der Waals surface area contributed by atoms with Gasteiger partial charge in [-0.3, -0.25) is 4.79 Å². The Bertz CT molecular complexity index is 408. The van der Waals surface area contributed by atoms with E-state index in [1.165, 1.54) is 13.3 Å². The molecule has 1 amide bonds. The summed E-state index contributed by atoms with van der Waals surface area (Å²) >= 11 is 11.6. The van der Waals surface area contributed by atoms with Crippen molar-refractivity contribution in [3.8, 4) is 0 Å². The second kappa shape index (κ2) is 6.35. The summed E-state index contributed by atoms with van der Waals surface area (Å²) in [5.74, 6) is -0.231.